The second-order valence-corrected chi connectivity index (χ2v) is 10.0. The standard InChI is InChI=1S/C27H27N5O4S/c33-24(15-32-23-8-4-1-5-20(23)18(12-26(35)36)9-10-25(32)34)28-14-19-11-17(16-37-19)13-29-27-30-21-6-2-3-7-22(21)31-27/h1-8,11,16,18H,9-10,12-15H2,(H,28,33)(H,35,36)(H2,29,30,31). The number of aromatic nitrogens is 2. The number of nitrogens with one attached hydrogen (secondary N) is 3. The van der Waals surface area contributed by atoms with Gasteiger partial charge in [0.05, 0.1) is 24.0 Å². The third-order valence-electron chi connectivity index (χ3n) is 6.42. The van der Waals surface area contributed by atoms with Crippen LogP contribution in [0.1, 0.15) is 41.2 Å². The van der Waals surface area contributed by atoms with Gasteiger partial charge in [-0.15, -0.1) is 11.3 Å². The number of para-hydroxylation sites is 3. The molecular formula is C27H27N5O4S. The quantitative estimate of drug-likeness (QED) is 0.263. The van der Waals surface area contributed by atoms with E-state index < -0.39 is 5.97 Å². The van der Waals surface area contributed by atoms with Crippen molar-refractivity contribution in [2.45, 2.75) is 38.3 Å². The van der Waals surface area contributed by atoms with E-state index in [2.05, 4.69) is 20.6 Å². The minimum atomic E-state index is -0.901. The molecule has 1 atom stereocenters. The van der Waals surface area contributed by atoms with Crippen LogP contribution in [0, 0.1) is 0 Å². The van der Waals surface area contributed by atoms with E-state index in [1.165, 1.54) is 4.90 Å². The van der Waals surface area contributed by atoms with Gasteiger partial charge in [-0.25, -0.2) is 4.98 Å². The van der Waals surface area contributed by atoms with Crippen LogP contribution in [0.15, 0.2) is 60.0 Å². The number of carbonyl (C=O) groups excluding carboxylic acids is 2. The summed E-state index contributed by atoms with van der Waals surface area (Å²) in [5, 5.41) is 17.5. The first kappa shape index (κ1) is 24.5. The molecule has 37 heavy (non-hydrogen) atoms. The van der Waals surface area contributed by atoms with Gasteiger partial charge in [0.15, 0.2) is 0 Å². The highest BCUT2D eigenvalue weighted by Gasteiger charge is 2.30. The van der Waals surface area contributed by atoms with Gasteiger partial charge in [-0.3, -0.25) is 14.4 Å². The second kappa shape index (κ2) is 10.8. The minimum absolute atomic E-state index is 0.0454. The highest BCUT2D eigenvalue weighted by atomic mass is 32.1. The Labute approximate surface area is 217 Å². The van der Waals surface area contributed by atoms with E-state index in [1.54, 1.807) is 23.5 Å². The summed E-state index contributed by atoms with van der Waals surface area (Å²) in [6.45, 7) is 0.849. The van der Waals surface area contributed by atoms with Gasteiger partial charge in [0.2, 0.25) is 17.8 Å². The van der Waals surface area contributed by atoms with Gasteiger partial charge in [-0.1, -0.05) is 30.3 Å². The molecule has 0 fully saturated rings. The van der Waals surface area contributed by atoms with Crippen LogP contribution in [0.2, 0.25) is 0 Å². The van der Waals surface area contributed by atoms with Gasteiger partial charge in [0.1, 0.15) is 6.54 Å². The average molecular weight is 518 g/mol. The number of carboxylic acids is 1. The van der Waals surface area contributed by atoms with Crippen LogP contribution in [0.5, 0.6) is 0 Å². The maximum absolute atomic E-state index is 12.9. The number of rotatable bonds is 9. The molecule has 1 unspecified atom stereocenters. The zero-order valence-corrected chi connectivity index (χ0v) is 20.9. The highest BCUT2D eigenvalue weighted by Crippen LogP contribution is 2.36. The molecule has 2 amide bonds. The molecule has 1 aliphatic heterocycles. The van der Waals surface area contributed by atoms with Crippen LogP contribution >= 0.6 is 11.3 Å². The fourth-order valence-corrected chi connectivity index (χ4v) is 5.45. The molecule has 0 spiro atoms. The Balaban J connectivity index is 1.17. The van der Waals surface area contributed by atoms with Crippen molar-refractivity contribution >= 4 is 51.8 Å². The topological polar surface area (TPSA) is 127 Å². The summed E-state index contributed by atoms with van der Waals surface area (Å²) in [4.78, 5) is 47.2. The number of thiophene rings is 1. The molecule has 2 aromatic carbocycles. The molecule has 9 nitrogen and oxygen atoms in total. The number of nitrogens with zero attached hydrogens (tertiary/aromatic N) is 2. The molecule has 5 rings (SSSR count). The molecular weight excluding hydrogens is 490 g/mol. The third kappa shape index (κ3) is 5.80. The van der Waals surface area contributed by atoms with E-state index in [1.807, 2.05) is 47.8 Å². The number of imidazole rings is 1. The number of carboxylic acid groups (broad SMARTS) is 1. The molecule has 190 valence electrons. The van der Waals surface area contributed by atoms with E-state index in [0.29, 0.717) is 31.1 Å². The van der Waals surface area contributed by atoms with E-state index in [0.717, 1.165) is 27.0 Å². The highest BCUT2D eigenvalue weighted by molar-refractivity contribution is 7.10. The summed E-state index contributed by atoms with van der Waals surface area (Å²) >= 11 is 1.55. The molecule has 0 saturated heterocycles. The third-order valence-corrected chi connectivity index (χ3v) is 7.40. The van der Waals surface area contributed by atoms with Crippen LogP contribution in [-0.4, -0.2) is 39.4 Å². The number of carbonyl (C=O) groups is 3. The normalized spacial score (nSPS) is 15.3. The van der Waals surface area contributed by atoms with Crippen molar-refractivity contribution < 1.29 is 19.5 Å². The van der Waals surface area contributed by atoms with Crippen LogP contribution in [0.4, 0.5) is 11.6 Å². The Morgan fingerprint density at radius 2 is 1.95 bits per heavy atom. The molecule has 0 aliphatic carbocycles. The first-order chi connectivity index (χ1) is 18.0. The van der Waals surface area contributed by atoms with Crippen LogP contribution < -0.4 is 15.5 Å². The zero-order valence-electron chi connectivity index (χ0n) is 20.1. The van der Waals surface area contributed by atoms with E-state index in [4.69, 9.17) is 0 Å². The Kier molecular flexibility index (Phi) is 7.18. The van der Waals surface area contributed by atoms with Gasteiger partial charge < -0.3 is 25.6 Å². The Hall–Kier alpha value is -4.18. The van der Waals surface area contributed by atoms with Gasteiger partial charge in [0, 0.05) is 23.5 Å². The lowest BCUT2D eigenvalue weighted by atomic mass is 9.91. The van der Waals surface area contributed by atoms with E-state index in [9.17, 15) is 19.5 Å². The molecule has 4 N–H and O–H groups in total. The predicted molar refractivity (Wildman–Crippen MR) is 143 cm³/mol. The van der Waals surface area contributed by atoms with E-state index >= 15 is 0 Å². The molecule has 0 bridgehead atoms. The first-order valence-electron chi connectivity index (χ1n) is 12.1. The molecule has 0 saturated carbocycles. The Bertz CT molecular complexity index is 1410. The summed E-state index contributed by atoms with van der Waals surface area (Å²) in [5.74, 6) is -0.902. The van der Waals surface area contributed by atoms with Crippen molar-refractivity contribution in [2.75, 3.05) is 16.8 Å². The maximum Gasteiger partial charge on any atom is 0.303 e. The number of aliphatic carboxylic acids is 1. The average Bonchev–Trinajstić information content (AvgIpc) is 3.50. The lowest BCUT2D eigenvalue weighted by Crippen LogP contribution is -2.40. The van der Waals surface area contributed by atoms with Crippen LogP contribution in [0.3, 0.4) is 0 Å². The maximum atomic E-state index is 12.9. The van der Waals surface area contributed by atoms with Crippen molar-refractivity contribution in [2.24, 2.45) is 0 Å². The lowest BCUT2D eigenvalue weighted by molar-refractivity contribution is -0.137. The largest absolute Gasteiger partial charge is 0.481 e. The van der Waals surface area contributed by atoms with Crippen molar-refractivity contribution in [3.05, 3.63) is 76.0 Å². The SMILES string of the molecule is O=C(O)CC1CCC(=O)N(CC(=O)NCc2cc(CNc3nc4ccccc4[nH]3)cs2)c2ccccc21. The fraction of sp³-hybridized carbons (Fsp3) is 0.259. The number of amides is 2. The number of hydrogen-bond acceptors (Lipinski definition) is 6. The summed E-state index contributed by atoms with van der Waals surface area (Å²) in [6.07, 6.45) is 0.600. The van der Waals surface area contributed by atoms with Crippen molar-refractivity contribution in [1.82, 2.24) is 15.3 Å². The van der Waals surface area contributed by atoms with Gasteiger partial charge in [-0.05, 0) is 53.1 Å². The Morgan fingerprint density at radius 1 is 1.14 bits per heavy atom. The predicted octanol–water partition coefficient (Wildman–Crippen LogP) is 4.24. The molecule has 2 aromatic heterocycles. The van der Waals surface area contributed by atoms with Gasteiger partial charge in [0.25, 0.3) is 0 Å². The monoisotopic (exact) mass is 517 g/mol. The van der Waals surface area contributed by atoms with Crippen molar-refractivity contribution in [3.8, 4) is 0 Å². The summed E-state index contributed by atoms with van der Waals surface area (Å²) in [7, 11) is 0. The summed E-state index contributed by atoms with van der Waals surface area (Å²) < 4.78 is 0. The number of H-pyrrole nitrogens is 1. The lowest BCUT2D eigenvalue weighted by Gasteiger charge is -2.23. The Morgan fingerprint density at radius 3 is 2.78 bits per heavy atom. The second-order valence-electron chi connectivity index (χ2n) is 9.03. The number of anilines is 2. The summed E-state index contributed by atoms with van der Waals surface area (Å²) in [5.41, 5.74) is 4.36. The van der Waals surface area contributed by atoms with Gasteiger partial charge in [-0.2, -0.15) is 0 Å². The fourth-order valence-electron chi connectivity index (χ4n) is 4.62. The smallest absolute Gasteiger partial charge is 0.303 e. The molecule has 4 aromatic rings. The minimum Gasteiger partial charge on any atom is -0.481 e. The van der Waals surface area contributed by atoms with Crippen LogP contribution in [-0.2, 0) is 27.5 Å². The number of fused-ring (bicyclic) bond motifs is 2. The summed E-state index contributed by atoms with van der Waals surface area (Å²) in [6, 6.07) is 17.1. The van der Waals surface area contributed by atoms with Crippen molar-refractivity contribution in [3.63, 3.8) is 0 Å². The number of hydrogen-bond donors (Lipinski definition) is 4. The van der Waals surface area contributed by atoms with Crippen molar-refractivity contribution in [1.29, 1.82) is 0 Å². The molecule has 0 radical (unpaired) electrons. The number of benzene rings is 2. The molecule has 10 heteroatoms. The van der Waals surface area contributed by atoms with Crippen LogP contribution in [0.25, 0.3) is 11.0 Å². The van der Waals surface area contributed by atoms with E-state index in [-0.39, 0.29) is 37.1 Å². The molecule has 3 heterocycles. The molecule has 1 aliphatic rings. The first-order valence-corrected chi connectivity index (χ1v) is 13.0. The van der Waals surface area contributed by atoms with Gasteiger partial charge >= 0.3 is 5.97 Å². The zero-order chi connectivity index (χ0) is 25.8. The number of aromatic amines is 1.